The minimum Gasteiger partial charge on any atom is -0.355 e. The van der Waals surface area contributed by atoms with Gasteiger partial charge < -0.3 is 10.3 Å². The van der Waals surface area contributed by atoms with Gasteiger partial charge in [0.05, 0.1) is 5.75 Å². The summed E-state index contributed by atoms with van der Waals surface area (Å²) in [5.41, 5.74) is 4.50. The fraction of sp³-hybridized carbons (Fsp3) is 0.208. The highest BCUT2D eigenvalue weighted by atomic mass is 35.5. The zero-order valence-corrected chi connectivity index (χ0v) is 19.0. The molecule has 2 aromatic carbocycles. The minimum atomic E-state index is -0.177. The quantitative estimate of drug-likeness (QED) is 0.295. The number of nitrogens with one attached hydrogen (secondary N) is 2. The summed E-state index contributed by atoms with van der Waals surface area (Å²) in [6, 6.07) is 15.4. The standard InChI is InChI=1S/C24H21ClN4O2S/c1-14-7-8-16(11-19(14)25)27-20(30)13-32-24-28-21-18(15-5-3-2-4-6-15)12-26-22(21)23(31)29(24)17-9-10-17/h2-8,11-12,17,26H,9-10,13H2,1H3,(H,27,30). The number of aryl methyl sites for hydroxylation is 1. The summed E-state index contributed by atoms with van der Waals surface area (Å²) in [4.78, 5) is 33.8. The molecule has 0 aliphatic heterocycles. The van der Waals surface area contributed by atoms with Gasteiger partial charge in [-0.2, -0.15) is 0 Å². The number of thioether (sulfide) groups is 1. The molecule has 2 heterocycles. The smallest absolute Gasteiger partial charge is 0.278 e. The lowest BCUT2D eigenvalue weighted by Gasteiger charge is -2.12. The second kappa shape index (κ2) is 8.48. The third-order valence-corrected chi connectivity index (χ3v) is 6.84. The van der Waals surface area contributed by atoms with Gasteiger partial charge in [-0.25, -0.2) is 4.98 Å². The number of benzene rings is 2. The van der Waals surface area contributed by atoms with E-state index in [1.54, 1.807) is 10.6 Å². The number of carbonyl (C=O) groups excluding carboxylic acids is 1. The number of anilines is 1. The number of aromatic amines is 1. The number of hydrogen-bond donors (Lipinski definition) is 2. The second-order valence-electron chi connectivity index (χ2n) is 7.89. The number of carbonyl (C=O) groups is 1. The Balaban J connectivity index is 1.44. The Kier molecular flexibility index (Phi) is 5.53. The van der Waals surface area contributed by atoms with E-state index in [0.29, 0.717) is 26.9 Å². The van der Waals surface area contributed by atoms with Crippen molar-refractivity contribution in [3.05, 3.63) is 75.7 Å². The fourth-order valence-electron chi connectivity index (χ4n) is 3.64. The minimum absolute atomic E-state index is 0.0899. The number of rotatable bonds is 6. The number of amides is 1. The number of H-pyrrole nitrogens is 1. The summed E-state index contributed by atoms with van der Waals surface area (Å²) in [5, 5.41) is 4.03. The van der Waals surface area contributed by atoms with Gasteiger partial charge in [-0.3, -0.25) is 14.2 Å². The van der Waals surface area contributed by atoms with E-state index in [1.165, 1.54) is 11.8 Å². The van der Waals surface area contributed by atoms with Crippen LogP contribution in [0.5, 0.6) is 0 Å². The summed E-state index contributed by atoms with van der Waals surface area (Å²) in [6.45, 7) is 1.91. The molecule has 8 heteroatoms. The largest absolute Gasteiger partial charge is 0.355 e. The van der Waals surface area contributed by atoms with Gasteiger partial charge in [0.1, 0.15) is 11.0 Å². The van der Waals surface area contributed by atoms with Crippen LogP contribution < -0.4 is 10.9 Å². The predicted octanol–water partition coefficient (Wildman–Crippen LogP) is 5.42. The van der Waals surface area contributed by atoms with E-state index in [-0.39, 0.29) is 23.3 Å². The molecule has 1 fully saturated rings. The summed E-state index contributed by atoms with van der Waals surface area (Å²) < 4.78 is 1.73. The van der Waals surface area contributed by atoms with Crippen molar-refractivity contribution in [2.75, 3.05) is 11.1 Å². The van der Waals surface area contributed by atoms with E-state index in [4.69, 9.17) is 16.6 Å². The number of aromatic nitrogens is 3. The van der Waals surface area contributed by atoms with Crippen LogP contribution in [0.3, 0.4) is 0 Å². The number of hydrogen-bond acceptors (Lipinski definition) is 4. The van der Waals surface area contributed by atoms with Crippen molar-refractivity contribution in [2.24, 2.45) is 0 Å². The number of fused-ring (bicyclic) bond motifs is 1. The third kappa shape index (κ3) is 4.06. The topological polar surface area (TPSA) is 79.8 Å². The highest BCUT2D eigenvalue weighted by Gasteiger charge is 2.29. The Morgan fingerprint density at radius 3 is 2.75 bits per heavy atom. The van der Waals surface area contributed by atoms with Gasteiger partial charge in [0.2, 0.25) is 5.91 Å². The molecular formula is C24H21ClN4O2S. The SMILES string of the molecule is Cc1ccc(NC(=O)CSc2nc3c(-c4ccccc4)c[nH]c3c(=O)n2C2CC2)cc1Cl. The molecule has 162 valence electrons. The van der Waals surface area contributed by atoms with Crippen molar-refractivity contribution in [3.8, 4) is 11.1 Å². The molecule has 0 spiro atoms. The van der Waals surface area contributed by atoms with Crippen LogP contribution in [0, 0.1) is 6.92 Å². The van der Waals surface area contributed by atoms with Gasteiger partial charge in [-0.1, -0.05) is 59.8 Å². The van der Waals surface area contributed by atoms with Crippen LogP contribution in [0.2, 0.25) is 5.02 Å². The van der Waals surface area contributed by atoms with Crippen molar-refractivity contribution in [1.29, 1.82) is 0 Å². The first-order valence-corrected chi connectivity index (χ1v) is 11.8. The number of nitrogens with zero attached hydrogens (tertiary/aromatic N) is 2. The zero-order chi connectivity index (χ0) is 22.2. The van der Waals surface area contributed by atoms with E-state index >= 15 is 0 Å². The summed E-state index contributed by atoms with van der Waals surface area (Å²) in [6.07, 6.45) is 3.72. The fourth-order valence-corrected chi connectivity index (χ4v) is 4.68. The first-order chi connectivity index (χ1) is 15.5. The molecule has 1 aliphatic carbocycles. The molecule has 1 aliphatic rings. The molecular weight excluding hydrogens is 444 g/mol. The molecule has 2 aromatic heterocycles. The van der Waals surface area contributed by atoms with Gasteiger partial charge in [-0.05, 0) is 43.0 Å². The summed E-state index contributed by atoms with van der Waals surface area (Å²) >= 11 is 7.43. The molecule has 1 saturated carbocycles. The summed E-state index contributed by atoms with van der Waals surface area (Å²) in [5.74, 6) is -0.0368. The molecule has 6 nitrogen and oxygen atoms in total. The van der Waals surface area contributed by atoms with Gasteiger partial charge in [-0.15, -0.1) is 0 Å². The predicted molar refractivity (Wildman–Crippen MR) is 130 cm³/mol. The molecule has 2 N–H and O–H groups in total. The normalized spacial score (nSPS) is 13.4. The monoisotopic (exact) mass is 464 g/mol. The average molecular weight is 465 g/mol. The van der Waals surface area contributed by atoms with Crippen molar-refractivity contribution >= 4 is 46.0 Å². The Hall–Kier alpha value is -3.03. The maximum atomic E-state index is 13.2. The Morgan fingerprint density at radius 2 is 2.03 bits per heavy atom. The van der Waals surface area contributed by atoms with Crippen LogP contribution in [-0.2, 0) is 4.79 Å². The van der Waals surface area contributed by atoms with E-state index in [0.717, 1.165) is 29.5 Å². The zero-order valence-electron chi connectivity index (χ0n) is 17.4. The molecule has 4 aromatic rings. The summed E-state index contributed by atoms with van der Waals surface area (Å²) in [7, 11) is 0. The Bertz CT molecular complexity index is 1380. The third-order valence-electron chi connectivity index (χ3n) is 5.48. The maximum absolute atomic E-state index is 13.2. The molecule has 32 heavy (non-hydrogen) atoms. The molecule has 0 radical (unpaired) electrons. The van der Waals surface area contributed by atoms with Crippen molar-refractivity contribution in [2.45, 2.75) is 31.0 Å². The van der Waals surface area contributed by atoms with E-state index in [9.17, 15) is 9.59 Å². The van der Waals surface area contributed by atoms with Crippen LogP contribution in [-0.4, -0.2) is 26.2 Å². The van der Waals surface area contributed by atoms with Gasteiger partial charge in [0, 0.05) is 28.5 Å². The van der Waals surface area contributed by atoms with E-state index in [2.05, 4.69) is 10.3 Å². The highest BCUT2D eigenvalue weighted by Crippen LogP contribution is 2.37. The molecule has 0 saturated heterocycles. The van der Waals surface area contributed by atoms with Crippen LogP contribution in [0.4, 0.5) is 5.69 Å². The van der Waals surface area contributed by atoms with Gasteiger partial charge in [0.15, 0.2) is 5.16 Å². The molecule has 0 bridgehead atoms. The number of halogens is 1. The van der Waals surface area contributed by atoms with Crippen LogP contribution in [0.25, 0.3) is 22.2 Å². The molecule has 0 unspecified atom stereocenters. The van der Waals surface area contributed by atoms with Crippen LogP contribution >= 0.6 is 23.4 Å². The first kappa shape index (κ1) is 20.8. The maximum Gasteiger partial charge on any atom is 0.278 e. The van der Waals surface area contributed by atoms with Crippen molar-refractivity contribution < 1.29 is 4.79 Å². The van der Waals surface area contributed by atoms with Gasteiger partial charge in [0.25, 0.3) is 5.56 Å². The molecule has 5 rings (SSSR count). The van der Waals surface area contributed by atoms with Crippen molar-refractivity contribution in [3.63, 3.8) is 0 Å². The highest BCUT2D eigenvalue weighted by molar-refractivity contribution is 7.99. The van der Waals surface area contributed by atoms with Gasteiger partial charge >= 0.3 is 0 Å². The lowest BCUT2D eigenvalue weighted by Crippen LogP contribution is -2.23. The van der Waals surface area contributed by atoms with E-state index in [1.807, 2.05) is 55.6 Å². The van der Waals surface area contributed by atoms with Crippen LogP contribution in [0.15, 0.2) is 64.7 Å². The average Bonchev–Trinajstić information content (AvgIpc) is 3.53. The second-order valence-corrected chi connectivity index (χ2v) is 9.24. The lowest BCUT2D eigenvalue weighted by atomic mass is 10.1. The first-order valence-electron chi connectivity index (χ1n) is 10.4. The Morgan fingerprint density at radius 1 is 1.25 bits per heavy atom. The molecule has 1 amide bonds. The van der Waals surface area contributed by atoms with Crippen LogP contribution in [0.1, 0.15) is 24.4 Å². The van der Waals surface area contributed by atoms with Crippen molar-refractivity contribution in [1.82, 2.24) is 14.5 Å². The molecule has 0 atom stereocenters. The Labute approximate surface area is 194 Å². The van der Waals surface area contributed by atoms with E-state index < -0.39 is 0 Å². The lowest BCUT2D eigenvalue weighted by molar-refractivity contribution is -0.113.